The van der Waals surface area contributed by atoms with Crippen LogP contribution in [0.25, 0.3) is 0 Å². The Kier molecular flexibility index (Phi) is 2.73. The van der Waals surface area contributed by atoms with Gasteiger partial charge in [-0.2, -0.15) is 0 Å². The normalized spacial score (nSPS) is 31.2. The molecule has 3 rings (SSSR count). The van der Waals surface area contributed by atoms with Crippen LogP contribution in [0, 0.1) is 0 Å². The molecule has 2 aliphatic rings. The van der Waals surface area contributed by atoms with E-state index in [0.29, 0.717) is 12.1 Å². The monoisotopic (exact) mass is 224 g/mol. The molecular weight excluding hydrogens is 208 g/mol. The third kappa shape index (κ3) is 1.94. The van der Waals surface area contributed by atoms with E-state index >= 15 is 0 Å². The SMILES string of the molecule is c1nc(C2CCCN2)sc1C1CCCO1. The lowest BCUT2D eigenvalue weighted by atomic mass is 10.2. The predicted molar refractivity (Wildman–Crippen MR) is 60.0 cm³/mol. The van der Waals surface area contributed by atoms with Gasteiger partial charge >= 0.3 is 0 Å². The fraction of sp³-hybridized carbons (Fsp3) is 0.727. The molecule has 4 heteroatoms. The average Bonchev–Trinajstić information content (AvgIpc) is 3.02. The van der Waals surface area contributed by atoms with E-state index in [-0.39, 0.29) is 0 Å². The zero-order chi connectivity index (χ0) is 10.1. The first kappa shape index (κ1) is 9.75. The first-order valence-corrected chi connectivity index (χ1v) is 6.56. The van der Waals surface area contributed by atoms with E-state index in [2.05, 4.69) is 10.3 Å². The molecular formula is C11H16N2OS. The maximum absolute atomic E-state index is 5.66. The van der Waals surface area contributed by atoms with Gasteiger partial charge < -0.3 is 10.1 Å². The number of hydrogen-bond donors (Lipinski definition) is 1. The quantitative estimate of drug-likeness (QED) is 0.837. The van der Waals surface area contributed by atoms with Crippen LogP contribution >= 0.6 is 11.3 Å². The number of ether oxygens (including phenoxy) is 1. The Bertz CT molecular complexity index is 297. The van der Waals surface area contributed by atoms with Crippen LogP contribution in [0.1, 0.15) is 47.7 Å². The van der Waals surface area contributed by atoms with E-state index in [1.54, 1.807) is 0 Å². The molecule has 0 bridgehead atoms. The minimum Gasteiger partial charge on any atom is -0.373 e. The van der Waals surface area contributed by atoms with Crippen LogP contribution in [0.15, 0.2) is 6.20 Å². The van der Waals surface area contributed by atoms with Gasteiger partial charge in [0, 0.05) is 12.8 Å². The second-order valence-corrected chi connectivity index (χ2v) is 5.35. The Balaban J connectivity index is 1.74. The van der Waals surface area contributed by atoms with Crippen molar-refractivity contribution in [3.8, 4) is 0 Å². The van der Waals surface area contributed by atoms with Gasteiger partial charge in [-0.05, 0) is 32.2 Å². The van der Waals surface area contributed by atoms with Crippen LogP contribution in [0.3, 0.4) is 0 Å². The van der Waals surface area contributed by atoms with Gasteiger partial charge in [0.15, 0.2) is 0 Å². The lowest BCUT2D eigenvalue weighted by Crippen LogP contribution is -2.12. The van der Waals surface area contributed by atoms with Crippen molar-refractivity contribution in [2.75, 3.05) is 13.2 Å². The third-order valence-electron chi connectivity index (χ3n) is 3.15. The zero-order valence-corrected chi connectivity index (χ0v) is 9.55. The molecule has 3 nitrogen and oxygen atoms in total. The van der Waals surface area contributed by atoms with E-state index in [0.717, 1.165) is 13.2 Å². The van der Waals surface area contributed by atoms with Crippen molar-refractivity contribution in [3.05, 3.63) is 16.1 Å². The molecule has 0 saturated carbocycles. The van der Waals surface area contributed by atoms with Crippen molar-refractivity contribution in [2.24, 2.45) is 0 Å². The largest absolute Gasteiger partial charge is 0.373 e. The fourth-order valence-electron chi connectivity index (χ4n) is 2.31. The van der Waals surface area contributed by atoms with Gasteiger partial charge in [-0.25, -0.2) is 4.98 Å². The topological polar surface area (TPSA) is 34.2 Å². The Morgan fingerprint density at radius 1 is 1.40 bits per heavy atom. The number of hydrogen-bond acceptors (Lipinski definition) is 4. The third-order valence-corrected chi connectivity index (χ3v) is 4.35. The lowest BCUT2D eigenvalue weighted by molar-refractivity contribution is 0.114. The summed E-state index contributed by atoms with van der Waals surface area (Å²) in [4.78, 5) is 5.83. The highest BCUT2D eigenvalue weighted by Gasteiger charge is 2.24. The molecule has 1 aromatic rings. The maximum atomic E-state index is 5.66. The van der Waals surface area contributed by atoms with E-state index in [4.69, 9.17) is 4.74 Å². The van der Waals surface area contributed by atoms with Crippen LogP contribution in [-0.2, 0) is 4.74 Å². The van der Waals surface area contributed by atoms with Gasteiger partial charge in [0.2, 0.25) is 0 Å². The molecule has 82 valence electrons. The van der Waals surface area contributed by atoms with Crippen LogP contribution in [0.5, 0.6) is 0 Å². The molecule has 0 amide bonds. The second-order valence-electron chi connectivity index (χ2n) is 4.25. The number of aromatic nitrogens is 1. The molecule has 2 aliphatic heterocycles. The van der Waals surface area contributed by atoms with Crippen molar-refractivity contribution in [1.82, 2.24) is 10.3 Å². The van der Waals surface area contributed by atoms with Gasteiger partial charge in [0.1, 0.15) is 5.01 Å². The van der Waals surface area contributed by atoms with Crippen molar-refractivity contribution in [2.45, 2.75) is 37.8 Å². The van der Waals surface area contributed by atoms with Crippen LogP contribution in [0.4, 0.5) is 0 Å². The summed E-state index contributed by atoms with van der Waals surface area (Å²) in [5.74, 6) is 0. The first-order valence-electron chi connectivity index (χ1n) is 5.74. The van der Waals surface area contributed by atoms with E-state index in [1.165, 1.54) is 35.6 Å². The smallest absolute Gasteiger partial charge is 0.110 e. The molecule has 3 heterocycles. The first-order chi connectivity index (χ1) is 7.43. The molecule has 2 atom stereocenters. The summed E-state index contributed by atoms with van der Waals surface area (Å²) in [6.45, 7) is 2.05. The Morgan fingerprint density at radius 2 is 2.40 bits per heavy atom. The molecule has 0 aromatic carbocycles. The molecule has 0 spiro atoms. The van der Waals surface area contributed by atoms with E-state index in [9.17, 15) is 0 Å². The summed E-state index contributed by atoms with van der Waals surface area (Å²) in [7, 11) is 0. The zero-order valence-electron chi connectivity index (χ0n) is 8.74. The Labute approximate surface area is 93.9 Å². The number of nitrogens with one attached hydrogen (secondary N) is 1. The predicted octanol–water partition coefficient (Wildman–Crippen LogP) is 2.42. The molecule has 2 fully saturated rings. The summed E-state index contributed by atoms with van der Waals surface area (Å²) < 4.78 is 5.66. The highest BCUT2D eigenvalue weighted by atomic mass is 32.1. The molecule has 2 saturated heterocycles. The highest BCUT2D eigenvalue weighted by Crippen LogP contribution is 2.35. The lowest BCUT2D eigenvalue weighted by Gasteiger charge is -2.06. The minimum atomic E-state index is 0.331. The summed E-state index contributed by atoms with van der Waals surface area (Å²) >= 11 is 1.83. The molecule has 2 unspecified atom stereocenters. The van der Waals surface area contributed by atoms with E-state index < -0.39 is 0 Å². The molecule has 0 aliphatic carbocycles. The summed E-state index contributed by atoms with van der Waals surface area (Å²) in [5.41, 5.74) is 0. The second kappa shape index (κ2) is 4.20. The fourth-order valence-corrected chi connectivity index (χ4v) is 3.42. The maximum Gasteiger partial charge on any atom is 0.110 e. The molecule has 0 radical (unpaired) electrons. The standard InChI is InChI=1S/C11H16N2OS/c1-3-8(12-5-1)11-13-7-10(15-11)9-4-2-6-14-9/h7-9,12H,1-6H2. The molecule has 1 aromatic heterocycles. The molecule has 15 heavy (non-hydrogen) atoms. The Morgan fingerprint density at radius 3 is 3.13 bits per heavy atom. The van der Waals surface area contributed by atoms with Gasteiger partial charge in [0.05, 0.1) is 17.0 Å². The highest BCUT2D eigenvalue weighted by molar-refractivity contribution is 7.11. The molecule has 1 N–H and O–H groups in total. The van der Waals surface area contributed by atoms with Crippen molar-refractivity contribution < 1.29 is 4.74 Å². The van der Waals surface area contributed by atoms with Crippen LogP contribution < -0.4 is 5.32 Å². The van der Waals surface area contributed by atoms with Crippen molar-refractivity contribution >= 4 is 11.3 Å². The van der Waals surface area contributed by atoms with Gasteiger partial charge in [-0.15, -0.1) is 11.3 Å². The number of thiazole rings is 1. The van der Waals surface area contributed by atoms with Gasteiger partial charge in [-0.1, -0.05) is 0 Å². The van der Waals surface area contributed by atoms with Gasteiger partial charge in [0.25, 0.3) is 0 Å². The van der Waals surface area contributed by atoms with Crippen molar-refractivity contribution in [1.29, 1.82) is 0 Å². The summed E-state index contributed by atoms with van der Waals surface area (Å²) in [6, 6.07) is 0.505. The van der Waals surface area contributed by atoms with Crippen LogP contribution in [-0.4, -0.2) is 18.1 Å². The summed E-state index contributed by atoms with van der Waals surface area (Å²) in [6.07, 6.45) is 7.21. The minimum absolute atomic E-state index is 0.331. The average molecular weight is 224 g/mol. The van der Waals surface area contributed by atoms with Gasteiger partial charge in [-0.3, -0.25) is 0 Å². The number of rotatable bonds is 2. The van der Waals surface area contributed by atoms with E-state index in [1.807, 2.05) is 17.5 Å². The Hall–Kier alpha value is -0.450. The van der Waals surface area contributed by atoms with Crippen molar-refractivity contribution in [3.63, 3.8) is 0 Å². The summed E-state index contributed by atoms with van der Waals surface area (Å²) in [5, 5.41) is 4.73. The number of nitrogens with zero attached hydrogens (tertiary/aromatic N) is 1. The van der Waals surface area contributed by atoms with Crippen LogP contribution in [0.2, 0.25) is 0 Å².